The largest absolute Gasteiger partial charge is 0.322 e. The summed E-state index contributed by atoms with van der Waals surface area (Å²) < 4.78 is 0. The fraction of sp³-hybridized carbons (Fsp3) is 0.400. The maximum absolute atomic E-state index is 12.3. The average molecular weight is 323 g/mol. The first-order valence-electron chi connectivity index (χ1n) is 8.83. The van der Waals surface area contributed by atoms with Crippen LogP contribution in [0.3, 0.4) is 0 Å². The van der Waals surface area contributed by atoms with Crippen LogP contribution >= 0.6 is 0 Å². The summed E-state index contributed by atoms with van der Waals surface area (Å²) in [7, 11) is 0. The first kappa shape index (κ1) is 16.7. The van der Waals surface area contributed by atoms with Crippen LogP contribution in [0.1, 0.15) is 53.7 Å². The van der Waals surface area contributed by atoms with Crippen LogP contribution in [0.5, 0.6) is 0 Å². The van der Waals surface area contributed by atoms with E-state index >= 15 is 0 Å². The normalized spacial score (nSPS) is 17.5. The van der Waals surface area contributed by atoms with Gasteiger partial charge in [-0.25, -0.2) is 0 Å². The molecule has 0 spiro atoms. The quantitative estimate of drug-likeness (QED) is 0.881. The van der Waals surface area contributed by atoms with Crippen LogP contribution < -0.4 is 10.6 Å². The van der Waals surface area contributed by atoms with Gasteiger partial charge in [0.25, 0.3) is 5.91 Å². The molecular formula is C20H25N3O. The van der Waals surface area contributed by atoms with Gasteiger partial charge in [0.15, 0.2) is 0 Å². The molecule has 2 heterocycles. The number of hydrogen-bond acceptors (Lipinski definition) is 3. The Labute approximate surface area is 143 Å². The lowest BCUT2D eigenvalue weighted by atomic mass is 9.91. The monoisotopic (exact) mass is 323 g/mol. The molecule has 1 unspecified atom stereocenters. The molecule has 24 heavy (non-hydrogen) atoms. The van der Waals surface area contributed by atoms with E-state index in [-0.39, 0.29) is 5.91 Å². The summed E-state index contributed by atoms with van der Waals surface area (Å²) in [5.74, 6) is 0.469. The lowest BCUT2D eigenvalue weighted by Gasteiger charge is -2.23. The molecule has 2 aromatic rings. The van der Waals surface area contributed by atoms with Crippen LogP contribution in [0.2, 0.25) is 0 Å². The third-order valence-electron chi connectivity index (χ3n) is 4.53. The molecule has 0 aliphatic carbocycles. The van der Waals surface area contributed by atoms with Crippen molar-refractivity contribution in [3.63, 3.8) is 0 Å². The van der Waals surface area contributed by atoms with Crippen LogP contribution in [-0.2, 0) is 6.42 Å². The van der Waals surface area contributed by atoms with Crippen molar-refractivity contribution >= 4 is 11.6 Å². The molecule has 1 amide bonds. The first-order chi connectivity index (χ1) is 11.8. The molecule has 1 fully saturated rings. The van der Waals surface area contributed by atoms with E-state index in [1.54, 1.807) is 6.20 Å². The van der Waals surface area contributed by atoms with Crippen LogP contribution in [0, 0.1) is 0 Å². The lowest BCUT2D eigenvalue weighted by Crippen LogP contribution is -2.28. The number of amides is 1. The van der Waals surface area contributed by atoms with Gasteiger partial charge in [-0.15, -0.1) is 0 Å². The molecule has 4 nitrogen and oxygen atoms in total. The van der Waals surface area contributed by atoms with E-state index in [4.69, 9.17) is 0 Å². The SMILES string of the molecule is CCCc1ccc(C(=O)Nc2ccc(C3CCCNC3)cc2)cn1. The standard InChI is InChI=1S/C20H25N3O/c1-2-4-18-9-8-17(14-22-18)20(24)23-19-10-6-15(7-11-19)16-5-3-12-21-13-16/h6-11,14,16,21H,2-5,12-13H2,1H3,(H,23,24). The van der Waals surface area contributed by atoms with Gasteiger partial charge in [0.2, 0.25) is 0 Å². The molecule has 4 heteroatoms. The van der Waals surface area contributed by atoms with Crippen molar-refractivity contribution < 1.29 is 4.79 Å². The van der Waals surface area contributed by atoms with Crippen LogP contribution in [0.25, 0.3) is 0 Å². The molecule has 1 aliphatic heterocycles. The van der Waals surface area contributed by atoms with E-state index in [1.165, 1.54) is 18.4 Å². The van der Waals surface area contributed by atoms with E-state index in [9.17, 15) is 4.79 Å². The summed E-state index contributed by atoms with van der Waals surface area (Å²) in [6, 6.07) is 12.0. The Morgan fingerprint density at radius 2 is 2.08 bits per heavy atom. The maximum Gasteiger partial charge on any atom is 0.257 e. The predicted octanol–water partition coefficient (Wildman–Crippen LogP) is 3.75. The Morgan fingerprint density at radius 1 is 1.25 bits per heavy atom. The number of anilines is 1. The molecule has 0 saturated carbocycles. The summed E-state index contributed by atoms with van der Waals surface area (Å²) in [6.45, 7) is 4.28. The van der Waals surface area contributed by atoms with Crippen LogP contribution in [0.15, 0.2) is 42.6 Å². The molecule has 3 rings (SSSR count). The smallest absolute Gasteiger partial charge is 0.257 e. The van der Waals surface area contributed by atoms with E-state index in [1.807, 2.05) is 24.3 Å². The second-order valence-electron chi connectivity index (χ2n) is 6.41. The van der Waals surface area contributed by atoms with E-state index in [0.29, 0.717) is 11.5 Å². The Hall–Kier alpha value is -2.20. The number of nitrogens with one attached hydrogen (secondary N) is 2. The Balaban J connectivity index is 1.61. The number of pyridine rings is 1. The van der Waals surface area contributed by atoms with Crippen molar-refractivity contribution in [2.75, 3.05) is 18.4 Å². The number of carbonyl (C=O) groups is 1. The average Bonchev–Trinajstić information content (AvgIpc) is 2.64. The molecule has 1 aromatic heterocycles. The number of hydrogen-bond donors (Lipinski definition) is 2. The fourth-order valence-corrected chi connectivity index (χ4v) is 3.14. The second kappa shape index (κ2) is 8.06. The number of piperidine rings is 1. The van der Waals surface area contributed by atoms with Crippen molar-refractivity contribution in [3.05, 3.63) is 59.4 Å². The number of carbonyl (C=O) groups excluding carboxylic acids is 1. The van der Waals surface area contributed by atoms with Crippen molar-refractivity contribution in [2.45, 2.75) is 38.5 Å². The highest BCUT2D eigenvalue weighted by Gasteiger charge is 2.15. The van der Waals surface area contributed by atoms with Gasteiger partial charge in [-0.1, -0.05) is 25.5 Å². The molecule has 1 aromatic carbocycles. The minimum Gasteiger partial charge on any atom is -0.322 e. The van der Waals surface area contributed by atoms with Gasteiger partial charge < -0.3 is 10.6 Å². The molecule has 0 bridgehead atoms. The molecule has 1 aliphatic rings. The summed E-state index contributed by atoms with van der Waals surface area (Å²) in [5.41, 5.74) is 3.78. The molecule has 1 atom stereocenters. The van der Waals surface area contributed by atoms with E-state index in [0.717, 1.165) is 37.3 Å². The van der Waals surface area contributed by atoms with Gasteiger partial charge in [0, 0.05) is 24.1 Å². The third kappa shape index (κ3) is 4.20. The highest BCUT2D eigenvalue weighted by atomic mass is 16.1. The van der Waals surface area contributed by atoms with Crippen molar-refractivity contribution in [2.24, 2.45) is 0 Å². The zero-order valence-corrected chi connectivity index (χ0v) is 14.2. The van der Waals surface area contributed by atoms with Gasteiger partial charge in [0.1, 0.15) is 0 Å². The third-order valence-corrected chi connectivity index (χ3v) is 4.53. The van der Waals surface area contributed by atoms with Crippen molar-refractivity contribution in [3.8, 4) is 0 Å². The van der Waals surface area contributed by atoms with E-state index in [2.05, 4.69) is 34.7 Å². The molecule has 1 saturated heterocycles. The Kier molecular flexibility index (Phi) is 5.59. The highest BCUT2D eigenvalue weighted by molar-refractivity contribution is 6.04. The number of rotatable bonds is 5. The van der Waals surface area contributed by atoms with Crippen molar-refractivity contribution in [1.29, 1.82) is 0 Å². The lowest BCUT2D eigenvalue weighted by molar-refractivity contribution is 0.102. The summed E-state index contributed by atoms with van der Waals surface area (Å²) in [6.07, 6.45) is 6.11. The van der Waals surface area contributed by atoms with Crippen LogP contribution in [0.4, 0.5) is 5.69 Å². The van der Waals surface area contributed by atoms with Gasteiger partial charge in [0.05, 0.1) is 5.56 Å². The minimum atomic E-state index is -0.113. The number of benzene rings is 1. The molecule has 2 N–H and O–H groups in total. The van der Waals surface area contributed by atoms with Gasteiger partial charge in [-0.05, 0) is 61.6 Å². The van der Waals surface area contributed by atoms with Crippen molar-refractivity contribution in [1.82, 2.24) is 10.3 Å². The first-order valence-corrected chi connectivity index (χ1v) is 8.83. The maximum atomic E-state index is 12.3. The molecular weight excluding hydrogens is 298 g/mol. The molecule has 0 radical (unpaired) electrons. The second-order valence-corrected chi connectivity index (χ2v) is 6.41. The van der Waals surface area contributed by atoms with Gasteiger partial charge in [-0.2, -0.15) is 0 Å². The number of aromatic nitrogens is 1. The zero-order valence-electron chi connectivity index (χ0n) is 14.2. The minimum absolute atomic E-state index is 0.113. The Bertz CT molecular complexity index is 658. The van der Waals surface area contributed by atoms with Crippen LogP contribution in [-0.4, -0.2) is 24.0 Å². The summed E-state index contributed by atoms with van der Waals surface area (Å²) in [5, 5.41) is 6.38. The Morgan fingerprint density at radius 3 is 2.71 bits per heavy atom. The topological polar surface area (TPSA) is 54.0 Å². The molecule has 126 valence electrons. The van der Waals surface area contributed by atoms with Gasteiger partial charge in [-0.3, -0.25) is 9.78 Å². The summed E-state index contributed by atoms with van der Waals surface area (Å²) >= 11 is 0. The van der Waals surface area contributed by atoms with E-state index < -0.39 is 0 Å². The zero-order chi connectivity index (χ0) is 16.8. The number of aryl methyl sites for hydroxylation is 1. The highest BCUT2D eigenvalue weighted by Crippen LogP contribution is 2.24. The predicted molar refractivity (Wildman–Crippen MR) is 97.5 cm³/mol. The number of nitrogens with zero attached hydrogens (tertiary/aromatic N) is 1. The summed E-state index contributed by atoms with van der Waals surface area (Å²) in [4.78, 5) is 16.6. The fourth-order valence-electron chi connectivity index (χ4n) is 3.14. The van der Waals surface area contributed by atoms with Gasteiger partial charge >= 0.3 is 0 Å².